The number of carbonyl (C=O) groups is 2. The Labute approximate surface area is 203 Å². The molecule has 8 nitrogen and oxygen atoms in total. The highest BCUT2D eigenvalue weighted by Gasteiger charge is 2.11. The number of benzene rings is 3. The molecular formula is C27H26N2O6. The maximum Gasteiger partial charge on any atom is 0.335 e. The molecule has 0 fully saturated rings. The topological polar surface area (TPSA) is 106 Å². The predicted molar refractivity (Wildman–Crippen MR) is 133 cm³/mol. The molecule has 2 N–H and O–H groups in total. The number of nitrogens with zero attached hydrogens (tertiary/aromatic N) is 1. The Bertz CT molecular complexity index is 1200. The van der Waals surface area contributed by atoms with E-state index in [4.69, 9.17) is 19.3 Å². The molecule has 0 bridgehead atoms. The predicted octanol–water partition coefficient (Wildman–Crippen LogP) is 4.69. The van der Waals surface area contributed by atoms with Gasteiger partial charge in [-0.2, -0.15) is 5.10 Å². The zero-order valence-corrected chi connectivity index (χ0v) is 19.3. The Morgan fingerprint density at radius 3 is 2.40 bits per heavy atom. The average molecular weight is 475 g/mol. The monoisotopic (exact) mass is 474 g/mol. The number of rotatable bonds is 12. The largest absolute Gasteiger partial charge is 0.490 e. The van der Waals surface area contributed by atoms with Crippen LogP contribution in [0.2, 0.25) is 0 Å². The van der Waals surface area contributed by atoms with Gasteiger partial charge >= 0.3 is 5.97 Å². The third-order valence-corrected chi connectivity index (χ3v) is 4.75. The summed E-state index contributed by atoms with van der Waals surface area (Å²) in [5, 5.41) is 13.1. The third kappa shape index (κ3) is 7.20. The lowest BCUT2D eigenvalue weighted by Gasteiger charge is -2.12. The summed E-state index contributed by atoms with van der Waals surface area (Å²) in [6.07, 6.45) is 3.12. The normalized spacial score (nSPS) is 10.5. The minimum atomic E-state index is -0.979. The average Bonchev–Trinajstić information content (AvgIpc) is 2.87. The van der Waals surface area contributed by atoms with Gasteiger partial charge in [-0.3, -0.25) is 4.79 Å². The van der Waals surface area contributed by atoms with Crippen molar-refractivity contribution in [3.63, 3.8) is 0 Å². The summed E-state index contributed by atoms with van der Waals surface area (Å²) >= 11 is 0. The fourth-order valence-corrected chi connectivity index (χ4v) is 3.03. The lowest BCUT2D eigenvalue weighted by molar-refractivity contribution is 0.0696. The molecule has 0 aliphatic heterocycles. The number of carbonyl (C=O) groups excluding carboxylic acids is 1. The van der Waals surface area contributed by atoms with Gasteiger partial charge in [-0.25, -0.2) is 10.2 Å². The molecule has 3 aromatic carbocycles. The Hall–Kier alpha value is -4.59. The van der Waals surface area contributed by atoms with E-state index in [9.17, 15) is 9.59 Å². The van der Waals surface area contributed by atoms with Gasteiger partial charge in [-0.05, 0) is 55.0 Å². The van der Waals surface area contributed by atoms with Crippen molar-refractivity contribution in [2.45, 2.75) is 13.5 Å². The van der Waals surface area contributed by atoms with Gasteiger partial charge in [0.25, 0.3) is 5.91 Å². The van der Waals surface area contributed by atoms with Crippen molar-refractivity contribution in [1.82, 2.24) is 5.43 Å². The van der Waals surface area contributed by atoms with Crippen LogP contribution in [0.3, 0.4) is 0 Å². The number of carboxylic acid groups (broad SMARTS) is 1. The maximum atomic E-state index is 12.6. The number of para-hydroxylation sites is 1. The lowest BCUT2D eigenvalue weighted by atomic mass is 10.1. The van der Waals surface area contributed by atoms with E-state index in [0.717, 1.165) is 5.56 Å². The summed E-state index contributed by atoms with van der Waals surface area (Å²) in [6.45, 7) is 6.47. The van der Waals surface area contributed by atoms with E-state index in [-0.39, 0.29) is 12.2 Å². The summed E-state index contributed by atoms with van der Waals surface area (Å²) in [7, 11) is 0. The first-order valence-corrected chi connectivity index (χ1v) is 10.9. The third-order valence-electron chi connectivity index (χ3n) is 4.75. The second-order valence-corrected chi connectivity index (χ2v) is 7.22. The first kappa shape index (κ1) is 25.0. The molecule has 35 heavy (non-hydrogen) atoms. The lowest BCUT2D eigenvalue weighted by Crippen LogP contribution is -2.18. The maximum absolute atomic E-state index is 12.6. The van der Waals surface area contributed by atoms with Crippen LogP contribution >= 0.6 is 0 Å². The second kappa shape index (κ2) is 12.6. The molecule has 0 unspecified atom stereocenters. The smallest absolute Gasteiger partial charge is 0.335 e. The number of ether oxygens (including phenoxy) is 3. The van der Waals surface area contributed by atoms with Crippen LogP contribution in [0, 0.1) is 0 Å². The molecule has 0 aliphatic rings. The van der Waals surface area contributed by atoms with Gasteiger partial charge in [0, 0.05) is 11.1 Å². The Morgan fingerprint density at radius 1 is 0.943 bits per heavy atom. The Kier molecular flexibility index (Phi) is 9.01. The van der Waals surface area contributed by atoms with Crippen LogP contribution in [0.25, 0.3) is 0 Å². The number of amides is 1. The van der Waals surface area contributed by atoms with Crippen LogP contribution in [-0.2, 0) is 6.61 Å². The fourth-order valence-electron chi connectivity index (χ4n) is 3.03. The van der Waals surface area contributed by atoms with Gasteiger partial charge in [0.05, 0.1) is 18.4 Å². The highest BCUT2D eigenvalue weighted by atomic mass is 16.5. The summed E-state index contributed by atoms with van der Waals surface area (Å²) in [4.78, 5) is 23.6. The molecule has 0 radical (unpaired) electrons. The van der Waals surface area contributed by atoms with Gasteiger partial charge in [0.15, 0.2) is 11.5 Å². The van der Waals surface area contributed by atoms with Crippen molar-refractivity contribution in [3.05, 3.63) is 102 Å². The molecule has 0 saturated carbocycles. The molecule has 1 amide bonds. The van der Waals surface area contributed by atoms with E-state index in [1.165, 1.54) is 18.3 Å². The SMILES string of the molecule is C=CCOc1ccc(C(=O)N/N=C/c2ccccc2OCc2ccc(C(=O)O)cc2)cc1OCC. The molecule has 0 aliphatic carbocycles. The van der Waals surface area contributed by atoms with Crippen LogP contribution in [-0.4, -0.2) is 36.4 Å². The minimum absolute atomic E-state index is 0.212. The van der Waals surface area contributed by atoms with Gasteiger partial charge in [0.2, 0.25) is 0 Å². The van der Waals surface area contributed by atoms with Crippen molar-refractivity contribution >= 4 is 18.1 Å². The van der Waals surface area contributed by atoms with Gasteiger partial charge in [0.1, 0.15) is 19.0 Å². The number of carboxylic acids is 1. The molecule has 3 rings (SSSR count). The first-order valence-electron chi connectivity index (χ1n) is 10.9. The van der Waals surface area contributed by atoms with Gasteiger partial charge in [-0.15, -0.1) is 0 Å². The van der Waals surface area contributed by atoms with Crippen LogP contribution < -0.4 is 19.6 Å². The van der Waals surface area contributed by atoms with Gasteiger partial charge < -0.3 is 19.3 Å². The van der Waals surface area contributed by atoms with E-state index in [0.29, 0.717) is 41.6 Å². The van der Waals surface area contributed by atoms with Crippen LogP contribution in [0.5, 0.6) is 17.2 Å². The van der Waals surface area contributed by atoms with Crippen LogP contribution in [0.4, 0.5) is 0 Å². The van der Waals surface area contributed by atoms with E-state index >= 15 is 0 Å². The molecule has 3 aromatic rings. The van der Waals surface area contributed by atoms with Gasteiger partial charge in [-0.1, -0.05) is 36.9 Å². The number of hydrogen-bond acceptors (Lipinski definition) is 6. The van der Waals surface area contributed by atoms with Crippen molar-refractivity contribution in [1.29, 1.82) is 0 Å². The molecule has 0 atom stereocenters. The van der Waals surface area contributed by atoms with E-state index in [1.54, 1.807) is 48.5 Å². The summed E-state index contributed by atoms with van der Waals surface area (Å²) in [5.74, 6) is 0.160. The van der Waals surface area contributed by atoms with E-state index in [2.05, 4.69) is 17.1 Å². The van der Waals surface area contributed by atoms with E-state index in [1.807, 2.05) is 19.1 Å². The number of nitrogens with one attached hydrogen (secondary N) is 1. The highest BCUT2D eigenvalue weighted by molar-refractivity contribution is 5.95. The number of hydrogen-bond donors (Lipinski definition) is 2. The minimum Gasteiger partial charge on any atom is -0.490 e. The molecular weight excluding hydrogens is 448 g/mol. The van der Waals surface area contributed by atoms with Crippen molar-refractivity contribution in [3.8, 4) is 17.2 Å². The number of hydrazone groups is 1. The zero-order valence-electron chi connectivity index (χ0n) is 19.3. The van der Waals surface area contributed by atoms with Crippen LogP contribution in [0.1, 0.15) is 38.8 Å². The van der Waals surface area contributed by atoms with Crippen molar-refractivity contribution < 1.29 is 28.9 Å². The fraction of sp³-hybridized carbons (Fsp3) is 0.148. The second-order valence-electron chi connectivity index (χ2n) is 7.22. The quantitative estimate of drug-likeness (QED) is 0.224. The summed E-state index contributed by atoms with van der Waals surface area (Å²) in [5.41, 5.74) is 4.57. The molecule has 8 heteroatoms. The van der Waals surface area contributed by atoms with E-state index < -0.39 is 11.9 Å². The molecule has 0 aromatic heterocycles. The summed E-state index contributed by atoms with van der Waals surface area (Å²) < 4.78 is 17.0. The standard InChI is InChI=1S/C27H26N2O6/c1-3-15-34-24-14-13-21(16-25(24)33-4-2)26(30)29-28-17-22-7-5-6-8-23(22)35-18-19-9-11-20(12-10-19)27(31)32/h3,5-14,16-17H,1,4,15,18H2,2H3,(H,29,30)(H,31,32)/b28-17+. The zero-order chi connectivity index (χ0) is 25.0. The molecule has 180 valence electrons. The van der Waals surface area contributed by atoms with Crippen molar-refractivity contribution in [2.24, 2.45) is 5.10 Å². The number of aromatic carboxylic acids is 1. The van der Waals surface area contributed by atoms with Crippen LogP contribution in [0.15, 0.2) is 84.5 Å². The first-order chi connectivity index (χ1) is 17.0. The highest BCUT2D eigenvalue weighted by Crippen LogP contribution is 2.28. The Balaban J connectivity index is 1.64. The molecule has 0 saturated heterocycles. The Morgan fingerprint density at radius 2 is 1.69 bits per heavy atom. The van der Waals surface area contributed by atoms with Crippen molar-refractivity contribution in [2.75, 3.05) is 13.2 Å². The summed E-state index contributed by atoms with van der Waals surface area (Å²) in [6, 6.07) is 18.6. The molecule has 0 spiro atoms. The molecule has 0 heterocycles.